The molecule has 3 aromatic rings. The summed E-state index contributed by atoms with van der Waals surface area (Å²) in [6, 6.07) is 10.1. The normalized spacial score (nSPS) is 11.9. The minimum atomic E-state index is 0.511. The first-order chi connectivity index (χ1) is 11.7. The number of hydrogen-bond acceptors (Lipinski definition) is 4. The molecule has 2 aromatic heterocycles. The van der Waals surface area contributed by atoms with Crippen molar-refractivity contribution in [3.8, 4) is 0 Å². The van der Waals surface area contributed by atoms with Crippen molar-refractivity contribution in [2.24, 2.45) is 4.99 Å². The SMILES string of the molecule is CCNC(=NCc1cc2ccccc2o1)N(C)Cc1csc(C)n1. The van der Waals surface area contributed by atoms with Crippen molar-refractivity contribution >= 4 is 28.3 Å². The Morgan fingerprint density at radius 1 is 1.38 bits per heavy atom. The first-order valence-corrected chi connectivity index (χ1v) is 8.91. The number of furan rings is 1. The zero-order chi connectivity index (χ0) is 16.9. The zero-order valence-electron chi connectivity index (χ0n) is 14.2. The van der Waals surface area contributed by atoms with Crippen molar-refractivity contribution < 1.29 is 4.42 Å². The maximum atomic E-state index is 5.83. The van der Waals surface area contributed by atoms with Crippen molar-refractivity contribution in [1.82, 2.24) is 15.2 Å². The molecule has 1 N–H and O–H groups in total. The fourth-order valence-electron chi connectivity index (χ4n) is 2.54. The summed E-state index contributed by atoms with van der Waals surface area (Å²) in [6.07, 6.45) is 0. The molecule has 2 heterocycles. The Hall–Kier alpha value is -2.34. The van der Waals surface area contributed by atoms with E-state index in [1.165, 1.54) is 0 Å². The number of guanidine groups is 1. The van der Waals surface area contributed by atoms with E-state index in [1.54, 1.807) is 11.3 Å². The molecule has 0 aliphatic rings. The Bertz CT molecular complexity index is 803. The fraction of sp³-hybridized carbons (Fsp3) is 0.333. The number of aryl methyl sites for hydroxylation is 1. The van der Waals surface area contributed by atoms with Crippen molar-refractivity contribution in [2.75, 3.05) is 13.6 Å². The van der Waals surface area contributed by atoms with Gasteiger partial charge >= 0.3 is 0 Å². The highest BCUT2D eigenvalue weighted by Crippen LogP contribution is 2.19. The number of aromatic nitrogens is 1. The minimum Gasteiger partial charge on any atom is -0.459 e. The van der Waals surface area contributed by atoms with Crippen LogP contribution in [0, 0.1) is 6.92 Å². The molecule has 0 bridgehead atoms. The van der Waals surface area contributed by atoms with E-state index in [0.717, 1.165) is 46.5 Å². The quantitative estimate of drug-likeness (QED) is 0.566. The predicted molar refractivity (Wildman–Crippen MR) is 99.3 cm³/mol. The highest BCUT2D eigenvalue weighted by molar-refractivity contribution is 7.09. The van der Waals surface area contributed by atoms with Gasteiger partial charge in [-0.2, -0.15) is 0 Å². The van der Waals surface area contributed by atoms with Crippen LogP contribution in [0.2, 0.25) is 0 Å². The topological polar surface area (TPSA) is 53.7 Å². The molecule has 6 heteroatoms. The summed E-state index contributed by atoms with van der Waals surface area (Å²) in [4.78, 5) is 11.3. The predicted octanol–water partition coefficient (Wildman–Crippen LogP) is 3.80. The summed E-state index contributed by atoms with van der Waals surface area (Å²) in [5.41, 5.74) is 1.97. The third-order valence-corrected chi connectivity index (χ3v) is 4.45. The molecular weight excluding hydrogens is 320 g/mol. The summed E-state index contributed by atoms with van der Waals surface area (Å²) < 4.78 is 5.83. The summed E-state index contributed by atoms with van der Waals surface area (Å²) in [5, 5.41) is 7.61. The molecule has 3 rings (SSSR count). The van der Waals surface area contributed by atoms with E-state index in [-0.39, 0.29) is 0 Å². The Morgan fingerprint density at radius 2 is 2.21 bits per heavy atom. The highest BCUT2D eigenvalue weighted by Gasteiger charge is 2.09. The van der Waals surface area contributed by atoms with Crippen molar-refractivity contribution in [3.05, 3.63) is 52.2 Å². The zero-order valence-corrected chi connectivity index (χ0v) is 15.1. The van der Waals surface area contributed by atoms with Gasteiger partial charge < -0.3 is 14.6 Å². The monoisotopic (exact) mass is 342 g/mol. The Balaban J connectivity index is 1.72. The number of para-hydroxylation sites is 1. The molecule has 0 saturated heterocycles. The lowest BCUT2D eigenvalue weighted by atomic mass is 10.2. The molecule has 1 aromatic carbocycles. The Morgan fingerprint density at radius 3 is 2.92 bits per heavy atom. The van der Waals surface area contributed by atoms with Crippen molar-refractivity contribution in [3.63, 3.8) is 0 Å². The molecule has 5 nitrogen and oxygen atoms in total. The second-order valence-electron chi connectivity index (χ2n) is 5.63. The van der Waals surface area contributed by atoms with Crippen LogP contribution in [-0.2, 0) is 13.1 Å². The van der Waals surface area contributed by atoms with Crippen LogP contribution in [0.3, 0.4) is 0 Å². The molecule has 24 heavy (non-hydrogen) atoms. The van der Waals surface area contributed by atoms with Gasteiger partial charge in [0.05, 0.1) is 17.2 Å². The van der Waals surface area contributed by atoms with Crippen LogP contribution in [0.5, 0.6) is 0 Å². The van der Waals surface area contributed by atoms with Gasteiger partial charge in [-0.05, 0) is 26.0 Å². The van der Waals surface area contributed by atoms with Gasteiger partial charge in [0.15, 0.2) is 5.96 Å². The largest absolute Gasteiger partial charge is 0.459 e. The van der Waals surface area contributed by atoms with Crippen LogP contribution in [0.1, 0.15) is 23.4 Å². The standard InChI is InChI=1S/C18H22N4OS/c1-4-19-18(22(3)11-15-12-24-13(2)21-15)20-10-16-9-14-7-5-6-8-17(14)23-16/h5-9,12H,4,10-11H2,1-3H3,(H,19,20). The molecule has 0 amide bonds. The van der Waals surface area contributed by atoms with Gasteiger partial charge in [-0.25, -0.2) is 9.98 Å². The number of benzene rings is 1. The number of nitrogens with one attached hydrogen (secondary N) is 1. The van der Waals surface area contributed by atoms with Gasteiger partial charge in [0.25, 0.3) is 0 Å². The minimum absolute atomic E-state index is 0.511. The van der Waals surface area contributed by atoms with E-state index in [4.69, 9.17) is 9.41 Å². The van der Waals surface area contributed by atoms with Crippen LogP contribution in [0.15, 0.2) is 45.1 Å². The lowest BCUT2D eigenvalue weighted by Gasteiger charge is -2.20. The molecule has 0 fully saturated rings. The molecule has 126 valence electrons. The van der Waals surface area contributed by atoms with E-state index >= 15 is 0 Å². The van der Waals surface area contributed by atoms with E-state index in [9.17, 15) is 0 Å². The molecule has 0 aliphatic heterocycles. The van der Waals surface area contributed by atoms with Crippen molar-refractivity contribution in [1.29, 1.82) is 0 Å². The van der Waals surface area contributed by atoms with Gasteiger partial charge in [0.2, 0.25) is 0 Å². The van der Waals surface area contributed by atoms with Gasteiger partial charge in [-0.3, -0.25) is 0 Å². The van der Waals surface area contributed by atoms with E-state index in [1.807, 2.05) is 44.3 Å². The van der Waals surface area contributed by atoms with Gasteiger partial charge in [0, 0.05) is 24.4 Å². The molecule has 0 atom stereocenters. The summed E-state index contributed by atoms with van der Waals surface area (Å²) >= 11 is 1.67. The van der Waals surface area contributed by atoms with Crippen LogP contribution in [0.4, 0.5) is 0 Å². The van der Waals surface area contributed by atoms with Crippen LogP contribution in [0.25, 0.3) is 11.0 Å². The van der Waals surface area contributed by atoms with Crippen LogP contribution >= 0.6 is 11.3 Å². The lowest BCUT2D eigenvalue weighted by Crippen LogP contribution is -2.38. The molecular formula is C18H22N4OS. The number of hydrogen-bond donors (Lipinski definition) is 1. The van der Waals surface area contributed by atoms with Gasteiger partial charge in [0.1, 0.15) is 17.9 Å². The number of thiazole rings is 1. The third-order valence-electron chi connectivity index (χ3n) is 3.62. The molecule has 0 radical (unpaired) electrons. The highest BCUT2D eigenvalue weighted by atomic mass is 32.1. The second kappa shape index (κ2) is 7.49. The number of fused-ring (bicyclic) bond motifs is 1. The molecule has 0 aliphatic carbocycles. The number of aliphatic imine (C=N–C) groups is 1. The third kappa shape index (κ3) is 3.94. The lowest BCUT2D eigenvalue weighted by molar-refractivity contribution is 0.467. The Kier molecular flexibility index (Phi) is 5.15. The first kappa shape index (κ1) is 16.5. The van der Waals surface area contributed by atoms with Gasteiger partial charge in [-0.1, -0.05) is 18.2 Å². The molecule has 0 saturated carbocycles. The first-order valence-electron chi connectivity index (χ1n) is 8.03. The molecule has 0 spiro atoms. The number of nitrogens with zero attached hydrogens (tertiary/aromatic N) is 3. The average Bonchev–Trinajstić information content (AvgIpc) is 3.16. The van der Waals surface area contributed by atoms with Crippen molar-refractivity contribution in [2.45, 2.75) is 26.9 Å². The maximum Gasteiger partial charge on any atom is 0.194 e. The summed E-state index contributed by atoms with van der Waals surface area (Å²) in [7, 11) is 2.02. The Labute approximate surface area is 146 Å². The second-order valence-corrected chi connectivity index (χ2v) is 6.70. The van der Waals surface area contributed by atoms with Crippen LogP contribution < -0.4 is 5.32 Å². The van der Waals surface area contributed by atoms with E-state index in [0.29, 0.717) is 6.54 Å². The summed E-state index contributed by atoms with van der Waals surface area (Å²) in [5.74, 6) is 1.72. The average molecular weight is 342 g/mol. The fourth-order valence-corrected chi connectivity index (χ4v) is 3.14. The number of rotatable bonds is 5. The van der Waals surface area contributed by atoms with Crippen LogP contribution in [-0.4, -0.2) is 29.4 Å². The smallest absolute Gasteiger partial charge is 0.194 e. The van der Waals surface area contributed by atoms with E-state index in [2.05, 4.69) is 27.5 Å². The van der Waals surface area contributed by atoms with Gasteiger partial charge in [-0.15, -0.1) is 11.3 Å². The van der Waals surface area contributed by atoms with E-state index < -0.39 is 0 Å². The molecule has 0 unspecified atom stereocenters. The summed E-state index contributed by atoms with van der Waals surface area (Å²) in [6.45, 7) is 6.15. The maximum absolute atomic E-state index is 5.83.